The molecule has 0 spiro atoms. The number of carboxylic acid groups (broad SMARTS) is 2. The van der Waals surface area contributed by atoms with Crippen molar-refractivity contribution in [3.63, 3.8) is 0 Å². The number of nitrogens with one attached hydrogen (secondary N) is 1. The van der Waals surface area contributed by atoms with Crippen LogP contribution in [0, 0.1) is 0 Å². The van der Waals surface area contributed by atoms with Crippen LogP contribution < -0.4 is 10.9 Å². The summed E-state index contributed by atoms with van der Waals surface area (Å²) in [6.07, 6.45) is -0.781. The number of rotatable bonds is 8. The quantitative estimate of drug-likeness (QED) is 0.489. The van der Waals surface area contributed by atoms with Gasteiger partial charge in [0.15, 0.2) is 0 Å². The molecular weight excluding hydrogens is 392 g/mol. The average molecular weight is 410 g/mol. The number of fused-ring (bicyclic) bond motifs is 1. The van der Waals surface area contributed by atoms with Crippen molar-refractivity contribution in [1.82, 2.24) is 20.3 Å². The van der Waals surface area contributed by atoms with Crippen LogP contribution in [0.15, 0.2) is 59.4 Å². The summed E-state index contributed by atoms with van der Waals surface area (Å²) in [5.41, 5.74) is 0.485. The molecule has 0 saturated heterocycles. The van der Waals surface area contributed by atoms with Crippen molar-refractivity contribution in [3.05, 3.63) is 70.5 Å². The number of aromatic nitrogens is 3. The van der Waals surface area contributed by atoms with Gasteiger partial charge in [-0.05, 0) is 17.7 Å². The van der Waals surface area contributed by atoms with Gasteiger partial charge in [0.05, 0.1) is 11.8 Å². The maximum Gasteiger partial charge on any atom is 0.326 e. The Hall–Kier alpha value is -4.08. The summed E-state index contributed by atoms with van der Waals surface area (Å²) in [5.74, 6) is -3.73. The summed E-state index contributed by atoms with van der Waals surface area (Å²) >= 11 is 0. The number of carboxylic acids is 2. The summed E-state index contributed by atoms with van der Waals surface area (Å²) in [4.78, 5) is 48.2. The first-order valence-corrected chi connectivity index (χ1v) is 9.00. The van der Waals surface area contributed by atoms with Gasteiger partial charge in [-0.15, -0.1) is 5.10 Å². The number of nitrogens with zero attached hydrogens (tertiary/aromatic N) is 3. The Morgan fingerprint density at radius 2 is 1.67 bits per heavy atom. The molecule has 0 unspecified atom stereocenters. The molecule has 10 heteroatoms. The highest BCUT2D eigenvalue weighted by Gasteiger charge is 2.30. The fourth-order valence-electron chi connectivity index (χ4n) is 2.98. The summed E-state index contributed by atoms with van der Waals surface area (Å²) in [7, 11) is 0. The molecule has 0 aliphatic rings. The Kier molecular flexibility index (Phi) is 6.16. The summed E-state index contributed by atoms with van der Waals surface area (Å²) < 4.78 is 0.893. The van der Waals surface area contributed by atoms with Gasteiger partial charge in [0.1, 0.15) is 17.6 Å². The maximum absolute atomic E-state index is 12.9. The predicted molar refractivity (Wildman–Crippen MR) is 105 cm³/mol. The number of carbonyl (C=O) groups is 3. The maximum atomic E-state index is 12.9. The van der Waals surface area contributed by atoms with Crippen molar-refractivity contribution in [1.29, 1.82) is 0 Å². The van der Waals surface area contributed by atoms with Crippen LogP contribution in [0.5, 0.6) is 0 Å². The van der Waals surface area contributed by atoms with Crippen molar-refractivity contribution >= 4 is 28.7 Å². The Morgan fingerprint density at radius 3 is 2.33 bits per heavy atom. The molecule has 0 aliphatic carbocycles. The van der Waals surface area contributed by atoms with Crippen LogP contribution in [0.1, 0.15) is 18.0 Å². The molecule has 0 bridgehead atoms. The number of hydrogen-bond donors (Lipinski definition) is 3. The largest absolute Gasteiger partial charge is 0.481 e. The van der Waals surface area contributed by atoms with E-state index in [2.05, 4.69) is 15.6 Å². The molecule has 1 aromatic heterocycles. The van der Waals surface area contributed by atoms with E-state index in [-0.39, 0.29) is 11.8 Å². The fraction of sp³-hybridized carbons (Fsp3) is 0.200. The Bertz CT molecular complexity index is 1140. The SMILES string of the molecule is O=C(O)C[C@H](NC(=O)[C@H](Cc1ccccc1)n1nnc2ccccc2c1=O)C(=O)O. The van der Waals surface area contributed by atoms with Gasteiger partial charge in [-0.3, -0.25) is 14.4 Å². The van der Waals surface area contributed by atoms with E-state index in [0.717, 1.165) is 4.68 Å². The molecule has 10 nitrogen and oxygen atoms in total. The van der Waals surface area contributed by atoms with Crippen LogP contribution in [0.25, 0.3) is 10.9 Å². The first kappa shape index (κ1) is 20.6. The predicted octanol–water partition coefficient (Wildman–Crippen LogP) is 0.619. The zero-order chi connectivity index (χ0) is 21.7. The Labute approximate surface area is 169 Å². The van der Waals surface area contributed by atoms with E-state index in [4.69, 9.17) is 5.11 Å². The van der Waals surface area contributed by atoms with Gasteiger partial charge < -0.3 is 15.5 Å². The van der Waals surface area contributed by atoms with Crippen LogP contribution in [0.3, 0.4) is 0 Å². The summed E-state index contributed by atoms with van der Waals surface area (Å²) in [6.45, 7) is 0. The minimum absolute atomic E-state index is 0.0268. The van der Waals surface area contributed by atoms with Crippen molar-refractivity contribution in [2.24, 2.45) is 0 Å². The molecule has 3 rings (SSSR count). The molecule has 3 N–H and O–H groups in total. The molecule has 0 radical (unpaired) electrons. The second-order valence-corrected chi connectivity index (χ2v) is 6.56. The molecule has 1 heterocycles. The zero-order valence-electron chi connectivity index (χ0n) is 15.6. The van der Waals surface area contributed by atoms with Crippen molar-refractivity contribution in [2.45, 2.75) is 24.9 Å². The number of amides is 1. The minimum Gasteiger partial charge on any atom is -0.481 e. The summed E-state index contributed by atoms with van der Waals surface area (Å²) in [5, 5.41) is 28.4. The summed E-state index contributed by atoms with van der Waals surface area (Å²) in [6, 6.07) is 12.4. The van der Waals surface area contributed by atoms with Crippen molar-refractivity contribution in [2.75, 3.05) is 0 Å². The highest BCUT2D eigenvalue weighted by Crippen LogP contribution is 2.14. The van der Waals surface area contributed by atoms with Gasteiger partial charge >= 0.3 is 11.9 Å². The van der Waals surface area contributed by atoms with E-state index < -0.39 is 41.9 Å². The second-order valence-electron chi connectivity index (χ2n) is 6.56. The van der Waals surface area contributed by atoms with E-state index in [1.165, 1.54) is 0 Å². The highest BCUT2D eigenvalue weighted by molar-refractivity contribution is 5.88. The molecule has 0 fully saturated rings. The normalized spacial score (nSPS) is 12.8. The number of aliphatic carboxylic acids is 2. The van der Waals surface area contributed by atoms with E-state index in [1.54, 1.807) is 54.6 Å². The zero-order valence-corrected chi connectivity index (χ0v) is 15.6. The number of benzene rings is 2. The number of hydrogen-bond acceptors (Lipinski definition) is 6. The van der Waals surface area contributed by atoms with Crippen LogP contribution in [-0.4, -0.2) is 49.1 Å². The van der Waals surface area contributed by atoms with Gasteiger partial charge in [0.2, 0.25) is 5.91 Å². The molecule has 2 aromatic carbocycles. The second kappa shape index (κ2) is 8.95. The fourth-order valence-corrected chi connectivity index (χ4v) is 2.98. The van der Waals surface area contributed by atoms with E-state index in [9.17, 15) is 24.3 Å². The number of carbonyl (C=O) groups excluding carboxylic acids is 1. The first-order valence-electron chi connectivity index (χ1n) is 9.00. The topological polar surface area (TPSA) is 151 Å². The van der Waals surface area contributed by atoms with E-state index >= 15 is 0 Å². The van der Waals surface area contributed by atoms with Crippen LogP contribution in [0.4, 0.5) is 0 Å². The van der Waals surface area contributed by atoms with E-state index in [0.29, 0.717) is 11.1 Å². The smallest absolute Gasteiger partial charge is 0.326 e. The lowest BCUT2D eigenvalue weighted by atomic mass is 10.0. The standard InChI is InChI=1S/C20H18N4O6/c25-17(26)11-15(20(29)30)21-18(27)16(10-12-6-2-1-3-7-12)24-19(28)13-8-4-5-9-14(13)22-23-24/h1-9,15-16H,10-11H2,(H,21,27)(H,25,26)(H,29,30)/t15-,16-/m0/s1. The monoisotopic (exact) mass is 410 g/mol. The lowest BCUT2D eigenvalue weighted by Gasteiger charge is -2.20. The molecule has 0 aliphatic heterocycles. The third-order valence-electron chi connectivity index (χ3n) is 4.45. The molecule has 0 saturated carbocycles. The Balaban J connectivity index is 2.01. The van der Waals surface area contributed by atoms with Crippen molar-refractivity contribution < 1.29 is 24.6 Å². The first-order chi connectivity index (χ1) is 14.4. The Morgan fingerprint density at radius 1 is 1.00 bits per heavy atom. The minimum atomic E-state index is -1.66. The molecular formula is C20H18N4O6. The van der Waals surface area contributed by atoms with Gasteiger partial charge in [-0.25, -0.2) is 4.79 Å². The average Bonchev–Trinajstić information content (AvgIpc) is 2.72. The lowest BCUT2D eigenvalue weighted by Crippen LogP contribution is -2.47. The van der Waals surface area contributed by atoms with Crippen LogP contribution >= 0.6 is 0 Å². The van der Waals surface area contributed by atoms with E-state index in [1.807, 2.05) is 0 Å². The molecule has 2 atom stereocenters. The molecule has 3 aromatic rings. The third-order valence-corrected chi connectivity index (χ3v) is 4.45. The van der Waals surface area contributed by atoms with Crippen LogP contribution in [0.2, 0.25) is 0 Å². The van der Waals surface area contributed by atoms with Crippen LogP contribution in [-0.2, 0) is 20.8 Å². The van der Waals surface area contributed by atoms with Crippen molar-refractivity contribution in [3.8, 4) is 0 Å². The van der Waals surface area contributed by atoms with Gasteiger partial charge in [0.25, 0.3) is 5.56 Å². The molecule has 30 heavy (non-hydrogen) atoms. The van der Waals surface area contributed by atoms with Gasteiger partial charge in [-0.1, -0.05) is 47.7 Å². The molecule has 1 amide bonds. The third kappa shape index (κ3) is 4.66. The molecule has 154 valence electrons. The highest BCUT2D eigenvalue weighted by atomic mass is 16.4. The lowest BCUT2D eigenvalue weighted by molar-refractivity contribution is -0.147. The van der Waals surface area contributed by atoms with Gasteiger partial charge in [-0.2, -0.15) is 4.68 Å². The van der Waals surface area contributed by atoms with Gasteiger partial charge in [0, 0.05) is 6.42 Å².